The Morgan fingerprint density at radius 1 is 1.06 bits per heavy atom. The van der Waals surface area contributed by atoms with E-state index in [1.165, 1.54) is 17.4 Å². The molecule has 0 unspecified atom stereocenters. The average molecular weight is 526 g/mol. The average Bonchev–Trinajstić information content (AvgIpc) is 3.21. The van der Waals surface area contributed by atoms with Gasteiger partial charge in [0.25, 0.3) is 5.91 Å². The van der Waals surface area contributed by atoms with Gasteiger partial charge in [-0.15, -0.1) is 12.4 Å². The Bertz CT molecular complexity index is 1130. The van der Waals surface area contributed by atoms with Crippen LogP contribution in [0.4, 0.5) is 5.13 Å². The van der Waals surface area contributed by atoms with E-state index in [9.17, 15) is 4.79 Å². The molecule has 0 radical (unpaired) electrons. The van der Waals surface area contributed by atoms with Crippen molar-refractivity contribution in [3.05, 3.63) is 47.0 Å². The van der Waals surface area contributed by atoms with Crippen LogP contribution in [0.15, 0.2) is 36.4 Å². The van der Waals surface area contributed by atoms with Crippen LogP contribution in [0.3, 0.4) is 0 Å². The first-order valence-corrected chi connectivity index (χ1v) is 11.6. The van der Waals surface area contributed by atoms with Crippen LogP contribution in [0, 0.1) is 0 Å². The van der Waals surface area contributed by atoms with E-state index in [-0.39, 0.29) is 18.3 Å². The highest BCUT2D eigenvalue weighted by atomic mass is 35.5. The highest BCUT2D eigenvalue weighted by Crippen LogP contribution is 2.38. The number of aromatic nitrogens is 1. The molecule has 0 aliphatic heterocycles. The number of halogens is 2. The van der Waals surface area contributed by atoms with Crippen LogP contribution in [0.1, 0.15) is 12.0 Å². The largest absolute Gasteiger partial charge is 0.493 e. The number of anilines is 1. The highest BCUT2D eigenvalue weighted by Gasteiger charge is 2.18. The van der Waals surface area contributed by atoms with Crippen LogP contribution in [0.5, 0.6) is 17.2 Å². The zero-order valence-electron chi connectivity index (χ0n) is 19.8. The van der Waals surface area contributed by atoms with E-state index in [4.69, 9.17) is 25.8 Å². The molecule has 3 aromatic rings. The summed E-state index contributed by atoms with van der Waals surface area (Å²) in [5.41, 5.74) is 1.57. The maximum atomic E-state index is 13.2. The van der Waals surface area contributed by atoms with Crippen LogP contribution in [-0.2, 0) is 4.79 Å². The number of ether oxygens (including phenoxy) is 3. The number of amides is 1. The molecule has 0 saturated carbocycles. The highest BCUT2D eigenvalue weighted by molar-refractivity contribution is 7.22. The molecule has 10 heteroatoms. The van der Waals surface area contributed by atoms with E-state index in [0.717, 1.165) is 28.7 Å². The minimum Gasteiger partial charge on any atom is -0.493 e. The van der Waals surface area contributed by atoms with Crippen LogP contribution < -0.4 is 19.1 Å². The second-order valence-corrected chi connectivity index (χ2v) is 8.99. The molecule has 1 heterocycles. The number of thiazole rings is 1. The van der Waals surface area contributed by atoms with E-state index in [1.807, 2.05) is 26.2 Å². The third-order valence-corrected chi connectivity index (χ3v) is 6.20. The molecule has 0 N–H and O–H groups in total. The Morgan fingerprint density at radius 3 is 2.32 bits per heavy atom. The van der Waals surface area contributed by atoms with Gasteiger partial charge >= 0.3 is 0 Å². The molecule has 1 aromatic heterocycles. The fourth-order valence-electron chi connectivity index (χ4n) is 3.30. The second-order valence-electron chi connectivity index (χ2n) is 7.55. The van der Waals surface area contributed by atoms with Gasteiger partial charge in [-0.2, -0.15) is 0 Å². The summed E-state index contributed by atoms with van der Waals surface area (Å²) in [6.07, 6.45) is 4.08. The van der Waals surface area contributed by atoms with Gasteiger partial charge in [-0.1, -0.05) is 22.9 Å². The molecule has 0 fully saturated rings. The summed E-state index contributed by atoms with van der Waals surface area (Å²) in [7, 11) is 8.69. The summed E-state index contributed by atoms with van der Waals surface area (Å²) in [6.45, 7) is 1.40. The van der Waals surface area contributed by atoms with E-state index >= 15 is 0 Å². The van der Waals surface area contributed by atoms with Gasteiger partial charge in [-0.3, -0.25) is 9.69 Å². The van der Waals surface area contributed by atoms with Crippen molar-refractivity contribution in [2.45, 2.75) is 6.42 Å². The van der Waals surface area contributed by atoms with Gasteiger partial charge in [-0.25, -0.2) is 4.98 Å². The molecule has 0 spiro atoms. The van der Waals surface area contributed by atoms with Crippen molar-refractivity contribution in [2.24, 2.45) is 0 Å². The van der Waals surface area contributed by atoms with Gasteiger partial charge in [0.2, 0.25) is 5.75 Å². The van der Waals surface area contributed by atoms with Gasteiger partial charge in [-0.05, 0) is 69.0 Å². The first-order valence-electron chi connectivity index (χ1n) is 10.4. The molecule has 0 saturated heterocycles. The molecule has 184 valence electrons. The minimum absolute atomic E-state index is 0. The standard InChI is InChI=1S/C24H28ClN3O4S.ClH/c1-27(2)11-6-12-28(24-26-18-9-8-17(25)15-21(18)33-24)22(29)10-7-16-13-19(30-3)23(32-5)20(14-16)31-4;/h7-10,13-15H,6,11-12H2,1-5H3;1H. The summed E-state index contributed by atoms with van der Waals surface area (Å²) in [4.78, 5) is 21.7. The molecular weight excluding hydrogens is 497 g/mol. The number of benzene rings is 2. The van der Waals surface area contributed by atoms with E-state index in [1.54, 1.807) is 50.5 Å². The number of nitrogens with zero attached hydrogens (tertiary/aromatic N) is 3. The lowest BCUT2D eigenvalue weighted by Gasteiger charge is -2.19. The van der Waals surface area contributed by atoms with Crippen molar-refractivity contribution in [2.75, 3.05) is 53.4 Å². The third kappa shape index (κ3) is 6.76. The zero-order valence-corrected chi connectivity index (χ0v) is 22.2. The SMILES string of the molecule is COc1cc(C=CC(=O)N(CCCN(C)C)c2nc3ccc(Cl)cc3s2)cc(OC)c1OC.Cl. The van der Waals surface area contributed by atoms with E-state index < -0.39 is 0 Å². The lowest BCUT2D eigenvalue weighted by Crippen LogP contribution is -2.32. The smallest absolute Gasteiger partial charge is 0.252 e. The third-order valence-electron chi connectivity index (χ3n) is 4.93. The first kappa shape index (κ1) is 27.7. The molecule has 1 amide bonds. The second kappa shape index (κ2) is 12.8. The van der Waals surface area contributed by atoms with Crippen LogP contribution in [0.2, 0.25) is 5.02 Å². The molecule has 7 nitrogen and oxygen atoms in total. The molecule has 0 aliphatic rings. The lowest BCUT2D eigenvalue weighted by molar-refractivity contribution is -0.114. The summed E-state index contributed by atoms with van der Waals surface area (Å²) < 4.78 is 17.1. The van der Waals surface area contributed by atoms with Crippen molar-refractivity contribution in [1.82, 2.24) is 9.88 Å². The summed E-state index contributed by atoms with van der Waals surface area (Å²) >= 11 is 7.58. The maximum absolute atomic E-state index is 13.2. The van der Waals surface area contributed by atoms with Gasteiger partial charge in [0.1, 0.15) is 0 Å². The number of methoxy groups -OCH3 is 3. The number of hydrogen-bond donors (Lipinski definition) is 0. The van der Waals surface area contributed by atoms with E-state index in [2.05, 4.69) is 9.88 Å². The Hall–Kier alpha value is -2.52. The van der Waals surface area contributed by atoms with Gasteiger partial charge < -0.3 is 19.1 Å². The summed E-state index contributed by atoms with van der Waals surface area (Å²) in [6, 6.07) is 9.12. The monoisotopic (exact) mass is 525 g/mol. The zero-order chi connectivity index (χ0) is 24.0. The van der Waals surface area contributed by atoms with Crippen molar-refractivity contribution < 1.29 is 19.0 Å². The first-order chi connectivity index (χ1) is 15.9. The van der Waals surface area contributed by atoms with Crippen molar-refractivity contribution in [3.8, 4) is 17.2 Å². The molecular formula is C24H29Cl2N3O4S. The molecule has 0 atom stereocenters. The van der Waals surface area contributed by atoms with Crippen molar-refractivity contribution in [1.29, 1.82) is 0 Å². The van der Waals surface area contributed by atoms with Crippen LogP contribution in [-0.4, -0.2) is 64.3 Å². The predicted molar refractivity (Wildman–Crippen MR) is 143 cm³/mol. The summed E-state index contributed by atoms with van der Waals surface area (Å²) in [5, 5.41) is 1.29. The van der Waals surface area contributed by atoms with E-state index in [0.29, 0.717) is 33.9 Å². The molecule has 2 aromatic carbocycles. The fourth-order valence-corrected chi connectivity index (χ4v) is 4.58. The molecule has 0 aliphatic carbocycles. The van der Waals surface area contributed by atoms with Gasteiger partial charge in [0.15, 0.2) is 16.6 Å². The Labute approximate surface area is 215 Å². The quantitative estimate of drug-likeness (QED) is 0.330. The number of carbonyl (C=O) groups is 1. The molecule has 3 rings (SSSR count). The van der Waals surface area contributed by atoms with Crippen LogP contribution >= 0.6 is 35.3 Å². The normalized spacial score (nSPS) is 11.0. The van der Waals surface area contributed by atoms with Crippen LogP contribution in [0.25, 0.3) is 16.3 Å². The number of fused-ring (bicyclic) bond motifs is 1. The number of carbonyl (C=O) groups excluding carboxylic acids is 1. The molecule has 34 heavy (non-hydrogen) atoms. The Balaban J connectivity index is 0.00000408. The topological polar surface area (TPSA) is 64.1 Å². The minimum atomic E-state index is -0.160. The van der Waals surface area contributed by atoms with Crippen molar-refractivity contribution in [3.63, 3.8) is 0 Å². The fraction of sp³-hybridized carbons (Fsp3) is 0.333. The lowest BCUT2D eigenvalue weighted by atomic mass is 10.1. The van der Waals surface area contributed by atoms with Crippen molar-refractivity contribution >= 4 is 62.7 Å². The Kier molecular flexibility index (Phi) is 10.4. The Morgan fingerprint density at radius 2 is 1.74 bits per heavy atom. The van der Waals surface area contributed by atoms with Gasteiger partial charge in [0.05, 0.1) is 31.5 Å². The number of rotatable bonds is 10. The van der Waals surface area contributed by atoms with Gasteiger partial charge in [0, 0.05) is 17.6 Å². The number of hydrogen-bond acceptors (Lipinski definition) is 7. The predicted octanol–water partition coefficient (Wildman–Crippen LogP) is 5.40. The molecule has 0 bridgehead atoms. The maximum Gasteiger partial charge on any atom is 0.252 e. The summed E-state index contributed by atoms with van der Waals surface area (Å²) in [5.74, 6) is 1.39.